The largest absolute Gasteiger partial charge is 0.503 e. The molecular weight excluding hydrogens is 334 g/mol. The average molecular weight is 356 g/mol. The Bertz CT molecular complexity index is 575. The number of nitrogens with zero attached hydrogens (tertiary/aromatic N) is 1. The van der Waals surface area contributed by atoms with Crippen molar-refractivity contribution >= 4 is 35.1 Å². The molecular formula is C16H22ClN3O2S. The fraction of sp³-hybridized carbons (Fsp3) is 0.500. The van der Waals surface area contributed by atoms with Crippen LogP contribution in [0.25, 0.3) is 0 Å². The maximum atomic E-state index is 9.80. The summed E-state index contributed by atoms with van der Waals surface area (Å²) in [5.74, 6) is 0.275. The Hall–Kier alpha value is -1.53. The van der Waals surface area contributed by atoms with Crippen molar-refractivity contribution in [3.8, 4) is 11.5 Å². The lowest BCUT2D eigenvalue weighted by molar-refractivity contribution is 0.318. The second-order valence-electron chi connectivity index (χ2n) is 5.46. The molecule has 0 aromatic heterocycles. The van der Waals surface area contributed by atoms with E-state index in [2.05, 4.69) is 15.8 Å². The minimum Gasteiger partial charge on any atom is -0.503 e. The maximum absolute atomic E-state index is 9.80. The van der Waals surface area contributed by atoms with Crippen LogP contribution in [-0.4, -0.2) is 29.1 Å². The van der Waals surface area contributed by atoms with Gasteiger partial charge in [-0.1, -0.05) is 30.9 Å². The van der Waals surface area contributed by atoms with Crippen molar-refractivity contribution in [3.05, 3.63) is 22.7 Å². The summed E-state index contributed by atoms with van der Waals surface area (Å²) in [6.45, 7) is 2.28. The zero-order valence-electron chi connectivity index (χ0n) is 13.1. The molecule has 0 heterocycles. The summed E-state index contributed by atoms with van der Waals surface area (Å²) in [5, 5.41) is 17.9. The van der Waals surface area contributed by atoms with Gasteiger partial charge in [-0.25, -0.2) is 0 Å². The molecule has 0 spiro atoms. The van der Waals surface area contributed by atoms with E-state index in [0.717, 1.165) is 12.8 Å². The van der Waals surface area contributed by atoms with Gasteiger partial charge in [0.1, 0.15) is 0 Å². The van der Waals surface area contributed by atoms with Crippen LogP contribution >= 0.6 is 23.8 Å². The van der Waals surface area contributed by atoms with Crippen molar-refractivity contribution in [2.75, 3.05) is 6.61 Å². The van der Waals surface area contributed by atoms with Crippen LogP contribution in [0.3, 0.4) is 0 Å². The fourth-order valence-electron chi connectivity index (χ4n) is 2.56. The topological polar surface area (TPSA) is 65.9 Å². The van der Waals surface area contributed by atoms with Crippen molar-refractivity contribution < 1.29 is 9.84 Å². The van der Waals surface area contributed by atoms with Crippen molar-refractivity contribution in [2.24, 2.45) is 5.10 Å². The second-order valence-corrected chi connectivity index (χ2v) is 6.28. The van der Waals surface area contributed by atoms with E-state index >= 15 is 0 Å². The van der Waals surface area contributed by atoms with Gasteiger partial charge in [-0.05, 0) is 49.7 Å². The van der Waals surface area contributed by atoms with Crippen LogP contribution in [0.5, 0.6) is 11.5 Å². The monoisotopic (exact) mass is 355 g/mol. The van der Waals surface area contributed by atoms with Crippen LogP contribution in [0.15, 0.2) is 17.2 Å². The maximum Gasteiger partial charge on any atom is 0.187 e. The number of phenols is 1. The van der Waals surface area contributed by atoms with Gasteiger partial charge < -0.3 is 15.2 Å². The van der Waals surface area contributed by atoms with E-state index in [1.807, 2.05) is 6.92 Å². The zero-order valence-corrected chi connectivity index (χ0v) is 14.7. The smallest absolute Gasteiger partial charge is 0.187 e. The van der Waals surface area contributed by atoms with Crippen LogP contribution in [0.4, 0.5) is 0 Å². The molecule has 1 aromatic carbocycles. The first-order chi connectivity index (χ1) is 11.1. The molecule has 0 unspecified atom stereocenters. The van der Waals surface area contributed by atoms with Crippen molar-refractivity contribution in [2.45, 2.75) is 45.1 Å². The minimum absolute atomic E-state index is 0.0619. The summed E-state index contributed by atoms with van der Waals surface area (Å²) in [7, 11) is 0. The normalized spacial score (nSPS) is 15.6. The molecule has 0 saturated heterocycles. The zero-order chi connectivity index (χ0) is 16.7. The molecule has 7 heteroatoms. The standard InChI is InChI=1S/C16H22ClN3O2S/c1-2-22-14-9-11(8-13(17)15(14)21)10-18-20-16(23)19-12-6-4-3-5-7-12/h8-10,12,21H,2-7H2,1H3,(H2,19,20,23)/b18-10+. The number of hydrogen-bond donors (Lipinski definition) is 3. The second kappa shape index (κ2) is 8.93. The summed E-state index contributed by atoms with van der Waals surface area (Å²) < 4.78 is 5.33. The fourth-order valence-corrected chi connectivity index (χ4v) is 3.00. The van der Waals surface area contributed by atoms with Gasteiger partial charge in [0.2, 0.25) is 0 Å². The number of phenolic OH excluding ortho intramolecular Hbond substituents is 1. The van der Waals surface area contributed by atoms with Gasteiger partial charge in [0.15, 0.2) is 16.6 Å². The lowest BCUT2D eigenvalue weighted by atomic mass is 9.96. The molecule has 0 aliphatic heterocycles. The lowest BCUT2D eigenvalue weighted by Gasteiger charge is -2.23. The van der Waals surface area contributed by atoms with Gasteiger partial charge in [0.25, 0.3) is 0 Å². The molecule has 23 heavy (non-hydrogen) atoms. The van der Waals surface area contributed by atoms with Crippen molar-refractivity contribution in [3.63, 3.8) is 0 Å². The Morgan fingerprint density at radius 3 is 2.87 bits per heavy atom. The highest BCUT2D eigenvalue weighted by Gasteiger charge is 2.13. The van der Waals surface area contributed by atoms with E-state index in [1.54, 1.807) is 18.3 Å². The molecule has 0 bridgehead atoms. The highest BCUT2D eigenvalue weighted by molar-refractivity contribution is 7.80. The van der Waals surface area contributed by atoms with Gasteiger partial charge in [-0.3, -0.25) is 5.43 Å². The number of ether oxygens (including phenoxy) is 1. The Balaban J connectivity index is 1.90. The molecule has 1 fully saturated rings. The highest BCUT2D eigenvalue weighted by Crippen LogP contribution is 2.34. The molecule has 2 rings (SSSR count). The molecule has 3 N–H and O–H groups in total. The van der Waals surface area contributed by atoms with Gasteiger partial charge in [-0.2, -0.15) is 5.10 Å². The molecule has 5 nitrogen and oxygen atoms in total. The summed E-state index contributed by atoms with van der Waals surface area (Å²) in [4.78, 5) is 0. The summed E-state index contributed by atoms with van der Waals surface area (Å²) in [5.41, 5.74) is 3.52. The third-order valence-corrected chi connectivity index (χ3v) is 4.17. The molecule has 1 aliphatic carbocycles. The van der Waals surface area contributed by atoms with Crippen LogP contribution < -0.4 is 15.5 Å². The Morgan fingerprint density at radius 1 is 1.43 bits per heavy atom. The third-order valence-electron chi connectivity index (χ3n) is 3.67. The quantitative estimate of drug-likeness (QED) is 0.428. The van der Waals surface area contributed by atoms with Crippen LogP contribution in [-0.2, 0) is 0 Å². The van der Waals surface area contributed by atoms with E-state index in [4.69, 9.17) is 28.6 Å². The van der Waals surface area contributed by atoms with Crippen molar-refractivity contribution in [1.82, 2.24) is 10.7 Å². The van der Waals surface area contributed by atoms with Crippen molar-refractivity contribution in [1.29, 1.82) is 0 Å². The van der Waals surface area contributed by atoms with E-state index in [0.29, 0.717) is 29.1 Å². The van der Waals surface area contributed by atoms with Crippen LogP contribution in [0.1, 0.15) is 44.6 Å². The van der Waals surface area contributed by atoms with E-state index in [9.17, 15) is 5.11 Å². The van der Waals surface area contributed by atoms with Gasteiger partial charge in [0.05, 0.1) is 17.8 Å². The van der Waals surface area contributed by atoms with Crippen LogP contribution in [0.2, 0.25) is 5.02 Å². The first-order valence-electron chi connectivity index (χ1n) is 7.85. The number of halogens is 1. The molecule has 1 aromatic rings. The van der Waals surface area contributed by atoms with E-state index in [-0.39, 0.29) is 10.8 Å². The van der Waals surface area contributed by atoms with Crippen LogP contribution in [0, 0.1) is 0 Å². The lowest BCUT2D eigenvalue weighted by Crippen LogP contribution is -2.40. The SMILES string of the molecule is CCOc1cc(/C=N/NC(=S)NC2CCCCC2)cc(Cl)c1O. The van der Waals surface area contributed by atoms with E-state index in [1.165, 1.54) is 19.3 Å². The highest BCUT2D eigenvalue weighted by atomic mass is 35.5. The number of thiocarbonyl (C=S) groups is 1. The Labute approximate surface area is 147 Å². The Morgan fingerprint density at radius 2 is 2.17 bits per heavy atom. The first-order valence-corrected chi connectivity index (χ1v) is 8.63. The molecule has 1 saturated carbocycles. The molecule has 0 amide bonds. The number of aromatic hydroxyl groups is 1. The number of rotatable bonds is 5. The van der Waals surface area contributed by atoms with E-state index < -0.39 is 0 Å². The summed E-state index contributed by atoms with van der Waals surface area (Å²) in [6, 6.07) is 3.72. The number of hydrazone groups is 1. The summed E-state index contributed by atoms with van der Waals surface area (Å²) >= 11 is 11.2. The molecule has 0 radical (unpaired) electrons. The molecule has 0 atom stereocenters. The minimum atomic E-state index is -0.0619. The predicted molar refractivity (Wildman–Crippen MR) is 97.6 cm³/mol. The molecule has 1 aliphatic rings. The van der Waals surface area contributed by atoms with Gasteiger partial charge in [-0.15, -0.1) is 0 Å². The number of nitrogens with one attached hydrogen (secondary N) is 2. The third kappa shape index (κ3) is 5.55. The Kier molecular flexibility index (Phi) is 6.92. The number of hydrogen-bond acceptors (Lipinski definition) is 4. The summed E-state index contributed by atoms with van der Waals surface area (Å²) in [6.07, 6.45) is 7.68. The average Bonchev–Trinajstić information content (AvgIpc) is 2.53. The van der Waals surface area contributed by atoms with Gasteiger partial charge in [0, 0.05) is 6.04 Å². The predicted octanol–water partition coefficient (Wildman–Crippen LogP) is 3.58. The van der Waals surface area contributed by atoms with Gasteiger partial charge >= 0.3 is 0 Å². The number of benzene rings is 1. The first kappa shape index (κ1) is 17.8. The molecule has 126 valence electrons.